The molecule has 5 nitrogen and oxygen atoms in total. The second kappa shape index (κ2) is 7.00. The first-order valence-electron chi connectivity index (χ1n) is 8.58. The van der Waals surface area contributed by atoms with Crippen LogP contribution in [0.5, 0.6) is 11.5 Å². The number of nitrogens with zero attached hydrogens (tertiary/aromatic N) is 2. The molecule has 0 radical (unpaired) electrons. The van der Waals surface area contributed by atoms with E-state index in [0.717, 1.165) is 5.69 Å². The average Bonchev–Trinajstić information content (AvgIpc) is 3.10. The Morgan fingerprint density at radius 2 is 1.83 bits per heavy atom. The number of carbonyl (C=O) groups excluding carboxylic acids is 1. The van der Waals surface area contributed by atoms with Crippen molar-refractivity contribution < 1.29 is 23.0 Å². The summed E-state index contributed by atoms with van der Waals surface area (Å²) in [6.45, 7) is 3.63. The molecule has 0 amide bonds. The average molecular weight is 439 g/mol. The number of ketones is 1. The van der Waals surface area contributed by atoms with E-state index in [1.54, 1.807) is 29.8 Å². The second-order valence-electron chi connectivity index (χ2n) is 6.60. The minimum Gasteiger partial charge on any atom is -0.395 e. The summed E-state index contributed by atoms with van der Waals surface area (Å²) in [6, 6.07) is 9.40. The zero-order valence-corrected chi connectivity index (χ0v) is 16.8. The third-order valence-corrected chi connectivity index (χ3v) is 5.44. The van der Waals surface area contributed by atoms with E-state index in [1.165, 1.54) is 12.1 Å². The van der Waals surface area contributed by atoms with Gasteiger partial charge in [0.25, 0.3) is 0 Å². The van der Waals surface area contributed by atoms with Gasteiger partial charge < -0.3 is 9.47 Å². The van der Waals surface area contributed by atoms with Crippen LogP contribution in [0.4, 0.5) is 8.78 Å². The molecular formula is C20H14Cl2F2N2O3. The zero-order valence-electron chi connectivity index (χ0n) is 15.3. The standard InChI is InChI=1S/C20H14Cl2F2N2O3/c1-10-19(22)11(2)26(25-10)14-5-3-4-12(6-14)16(27)7-13-8-17-18(9-15(13)21)29-20(23,24)28-17/h3-6,8-9H,7H2,1-2H3. The molecular weight excluding hydrogens is 425 g/mol. The van der Waals surface area contributed by atoms with E-state index in [2.05, 4.69) is 14.6 Å². The zero-order chi connectivity index (χ0) is 20.9. The van der Waals surface area contributed by atoms with Crippen LogP contribution < -0.4 is 9.47 Å². The van der Waals surface area contributed by atoms with Crippen LogP contribution in [-0.4, -0.2) is 21.9 Å². The molecule has 0 N–H and O–H groups in total. The van der Waals surface area contributed by atoms with Crippen molar-refractivity contribution in [1.82, 2.24) is 9.78 Å². The summed E-state index contributed by atoms with van der Waals surface area (Å²) in [6.07, 6.45) is -3.84. The lowest BCUT2D eigenvalue weighted by atomic mass is 10.0. The molecule has 9 heteroatoms. The van der Waals surface area contributed by atoms with E-state index < -0.39 is 6.29 Å². The number of aromatic nitrogens is 2. The molecule has 0 fully saturated rings. The summed E-state index contributed by atoms with van der Waals surface area (Å²) in [5.41, 5.74) is 2.90. The van der Waals surface area contributed by atoms with Crippen molar-refractivity contribution in [3.05, 3.63) is 69.0 Å². The highest BCUT2D eigenvalue weighted by Gasteiger charge is 2.43. The minimum absolute atomic E-state index is 0.0949. The Morgan fingerprint density at radius 3 is 2.48 bits per heavy atom. The summed E-state index contributed by atoms with van der Waals surface area (Å²) in [7, 11) is 0. The van der Waals surface area contributed by atoms with Crippen molar-refractivity contribution in [2.24, 2.45) is 0 Å². The Morgan fingerprint density at radius 1 is 1.14 bits per heavy atom. The predicted octanol–water partition coefficient (Wildman–Crippen LogP) is 5.54. The lowest BCUT2D eigenvalue weighted by Crippen LogP contribution is -2.25. The number of rotatable bonds is 4. The third-order valence-electron chi connectivity index (χ3n) is 4.54. The molecule has 2 heterocycles. The molecule has 29 heavy (non-hydrogen) atoms. The third kappa shape index (κ3) is 3.68. The highest BCUT2D eigenvalue weighted by atomic mass is 35.5. The number of hydrogen-bond donors (Lipinski definition) is 0. The van der Waals surface area contributed by atoms with Gasteiger partial charge >= 0.3 is 6.29 Å². The molecule has 150 valence electrons. The Kier molecular flexibility index (Phi) is 4.75. The number of ether oxygens (including phenoxy) is 2. The number of fused-ring (bicyclic) bond motifs is 1. The van der Waals surface area contributed by atoms with Gasteiger partial charge in [0.05, 0.1) is 22.1 Å². The molecule has 0 saturated carbocycles. The van der Waals surface area contributed by atoms with Crippen molar-refractivity contribution in [1.29, 1.82) is 0 Å². The van der Waals surface area contributed by atoms with Crippen molar-refractivity contribution in [2.45, 2.75) is 26.6 Å². The largest absolute Gasteiger partial charge is 0.586 e. The molecule has 2 aromatic carbocycles. The number of Topliss-reactive ketones (excluding diaryl/α,β-unsaturated/α-hetero) is 1. The maximum atomic E-state index is 13.2. The van der Waals surface area contributed by atoms with E-state index in [1.807, 2.05) is 13.0 Å². The number of benzene rings is 2. The maximum absolute atomic E-state index is 13.2. The Balaban J connectivity index is 1.61. The smallest absolute Gasteiger partial charge is 0.395 e. The van der Waals surface area contributed by atoms with E-state index in [9.17, 15) is 13.6 Å². The first kappa shape index (κ1) is 19.7. The first-order valence-corrected chi connectivity index (χ1v) is 9.34. The molecule has 0 bridgehead atoms. The molecule has 1 aliphatic rings. The summed E-state index contributed by atoms with van der Waals surface area (Å²) in [5, 5.41) is 5.08. The minimum atomic E-state index is -3.75. The van der Waals surface area contributed by atoms with Gasteiger partial charge in [-0.25, -0.2) is 4.68 Å². The summed E-state index contributed by atoms with van der Waals surface area (Å²) in [5.74, 6) is -0.570. The summed E-state index contributed by atoms with van der Waals surface area (Å²) < 4.78 is 36.9. The fraction of sp³-hybridized carbons (Fsp3) is 0.200. The van der Waals surface area contributed by atoms with Crippen LogP contribution in [-0.2, 0) is 6.42 Å². The molecule has 0 atom stereocenters. The Hall–Kier alpha value is -2.64. The molecule has 0 spiro atoms. The van der Waals surface area contributed by atoms with Crippen molar-refractivity contribution in [3.8, 4) is 17.2 Å². The van der Waals surface area contributed by atoms with Crippen LogP contribution in [0.3, 0.4) is 0 Å². The fourth-order valence-electron chi connectivity index (χ4n) is 3.11. The summed E-state index contributed by atoms with van der Waals surface area (Å²) in [4.78, 5) is 12.8. The molecule has 1 aliphatic heterocycles. The second-order valence-corrected chi connectivity index (χ2v) is 7.39. The van der Waals surface area contributed by atoms with Gasteiger partial charge in [0, 0.05) is 23.1 Å². The lowest BCUT2D eigenvalue weighted by Gasteiger charge is -2.08. The maximum Gasteiger partial charge on any atom is 0.586 e. The highest BCUT2D eigenvalue weighted by molar-refractivity contribution is 6.32. The van der Waals surface area contributed by atoms with Crippen molar-refractivity contribution in [3.63, 3.8) is 0 Å². The SMILES string of the molecule is Cc1nn(-c2cccc(C(=O)Cc3cc4c(cc3Cl)OC(F)(F)O4)c2)c(C)c1Cl. The van der Waals surface area contributed by atoms with Crippen LogP contribution in [0, 0.1) is 13.8 Å². The molecule has 3 aromatic rings. The van der Waals surface area contributed by atoms with Gasteiger partial charge in [-0.2, -0.15) is 5.10 Å². The molecule has 1 aromatic heterocycles. The fourth-order valence-corrected chi connectivity index (χ4v) is 3.45. The van der Waals surface area contributed by atoms with Gasteiger partial charge in [0.1, 0.15) is 0 Å². The molecule has 0 saturated heterocycles. The van der Waals surface area contributed by atoms with Gasteiger partial charge in [0.2, 0.25) is 0 Å². The van der Waals surface area contributed by atoms with Crippen LogP contribution in [0.15, 0.2) is 36.4 Å². The van der Waals surface area contributed by atoms with E-state index >= 15 is 0 Å². The monoisotopic (exact) mass is 438 g/mol. The molecule has 4 rings (SSSR count). The van der Waals surface area contributed by atoms with Gasteiger partial charge in [-0.05, 0) is 37.6 Å². The molecule has 0 unspecified atom stereocenters. The molecule has 0 aliphatic carbocycles. The Bertz CT molecular complexity index is 1140. The van der Waals surface area contributed by atoms with Gasteiger partial charge in [-0.1, -0.05) is 35.3 Å². The quantitative estimate of drug-likeness (QED) is 0.501. The van der Waals surface area contributed by atoms with Gasteiger partial charge in [-0.15, -0.1) is 8.78 Å². The van der Waals surface area contributed by atoms with Crippen LogP contribution in [0.25, 0.3) is 5.69 Å². The van der Waals surface area contributed by atoms with Crippen LogP contribution >= 0.6 is 23.2 Å². The number of alkyl halides is 2. The predicted molar refractivity (Wildman–Crippen MR) is 104 cm³/mol. The lowest BCUT2D eigenvalue weighted by molar-refractivity contribution is -0.286. The topological polar surface area (TPSA) is 53.4 Å². The van der Waals surface area contributed by atoms with E-state index in [-0.39, 0.29) is 28.7 Å². The number of halogens is 4. The van der Waals surface area contributed by atoms with Crippen molar-refractivity contribution in [2.75, 3.05) is 0 Å². The number of aryl methyl sites for hydroxylation is 1. The Labute approximate surface area is 174 Å². The normalized spacial score (nSPS) is 14.3. The highest BCUT2D eigenvalue weighted by Crippen LogP contribution is 2.43. The van der Waals surface area contributed by atoms with Gasteiger partial charge in [0.15, 0.2) is 17.3 Å². The summed E-state index contributed by atoms with van der Waals surface area (Å²) >= 11 is 12.3. The van der Waals surface area contributed by atoms with Crippen LogP contribution in [0.2, 0.25) is 10.0 Å². The number of carbonyl (C=O) groups is 1. The number of hydrogen-bond acceptors (Lipinski definition) is 4. The first-order chi connectivity index (χ1) is 13.6. The van der Waals surface area contributed by atoms with E-state index in [4.69, 9.17) is 23.2 Å². The van der Waals surface area contributed by atoms with E-state index in [0.29, 0.717) is 27.5 Å². The van der Waals surface area contributed by atoms with Crippen molar-refractivity contribution >= 4 is 29.0 Å². The van der Waals surface area contributed by atoms with Gasteiger partial charge in [-0.3, -0.25) is 4.79 Å². The van der Waals surface area contributed by atoms with Crippen LogP contribution in [0.1, 0.15) is 27.3 Å².